The van der Waals surface area contributed by atoms with Gasteiger partial charge in [-0.05, 0) is 55.3 Å². The summed E-state index contributed by atoms with van der Waals surface area (Å²) in [5.41, 5.74) is 3.79. The SMILES string of the molecule is Cc1ccc(C)c(/C(O)=C2\C(=O)C(=O)N(c3ccccc3)C2c2ccc(Br)cc2)c1. The summed E-state index contributed by atoms with van der Waals surface area (Å²) in [6.45, 7) is 3.79. The van der Waals surface area contributed by atoms with Crippen LogP contribution in [0.3, 0.4) is 0 Å². The molecule has 4 rings (SSSR count). The molecule has 1 aliphatic heterocycles. The molecule has 0 radical (unpaired) electrons. The molecule has 1 unspecified atom stereocenters. The average Bonchev–Trinajstić information content (AvgIpc) is 3.01. The number of carbonyl (C=O) groups excluding carboxylic acids is 2. The lowest BCUT2D eigenvalue weighted by atomic mass is 9.93. The van der Waals surface area contributed by atoms with E-state index in [1.165, 1.54) is 4.90 Å². The molecule has 1 atom stereocenters. The lowest BCUT2D eigenvalue weighted by Gasteiger charge is -2.25. The second-order valence-corrected chi connectivity index (χ2v) is 8.29. The van der Waals surface area contributed by atoms with E-state index in [-0.39, 0.29) is 11.3 Å². The Labute approximate surface area is 183 Å². The van der Waals surface area contributed by atoms with Crippen LogP contribution >= 0.6 is 15.9 Å². The van der Waals surface area contributed by atoms with E-state index in [0.717, 1.165) is 21.2 Å². The number of rotatable bonds is 3. The first-order valence-electron chi connectivity index (χ1n) is 9.57. The Balaban J connectivity index is 1.98. The van der Waals surface area contributed by atoms with Gasteiger partial charge in [0.25, 0.3) is 11.7 Å². The van der Waals surface area contributed by atoms with Gasteiger partial charge in [0.2, 0.25) is 0 Å². The smallest absolute Gasteiger partial charge is 0.300 e. The summed E-state index contributed by atoms with van der Waals surface area (Å²) in [4.78, 5) is 27.7. The second kappa shape index (κ2) is 7.92. The van der Waals surface area contributed by atoms with Crippen molar-refractivity contribution in [1.29, 1.82) is 0 Å². The molecule has 150 valence electrons. The number of aryl methyl sites for hydroxylation is 2. The molecule has 0 aliphatic carbocycles. The maximum absolute atomic E-state index is 13.1. The van der Waals surface area contributed by atoms with Crippen LogP contribution in [0.2, 0.25) is 0 Å². The highest BCUT2D eigenvalue weighted by molar-refractivity contribution is 9.10. The molecule has 1 saturated heterocycles. The van der Waals surface area contributed by atoms with Crippen molar-refractivity contribution >= 4 is 39.1 Å². The first-order valence-corrected chi connectivity index (χ1v) is 10.4. The Hall–Kier alpha value is -3.18. The standard InChI is InChI=1S/C25H20BrNO3/c1-15-8-9-16(2)20(14-15)23(28)21-22(17-10-12-18(26)13-11-17)27(25(30)24(21)29)19-6-4-3-5-7-19/h3-14,22,28H,1-2H3/b23-21+. The highest BCUT2D eigenvalue weighted by atomic mass is 79.9. The summed E-state index contributed by atoms with van der Waals surface area (Å²) in [7, 11) is 0. The third-order valence-electron chi connectivity index (χ3n) is 5.31. The number of hydrogen-bond donors (Lipinski definition) is 1. The number of aliphatic hydroxyl groups is 1. The predicted molar refractivity (Wildman–Crippen MR) is 121 cm³/mol. The van der Waals surface area contributed by atoms with E-state index in [4.69, 9.17) is 0 Å². The maximum atomic E-state index is 13.1. The van der Waals surface area contributed by atoms with Crippen molar-refractivity contribution < 1.29 is 14.7 Å². The number of amides is 1. The number of Topliss-reactive ketones (excluding diaryl/α,β-unsaturated/α-hetero) is 1. The minimum Gasteiger partial charge on any atom is -0.507 e. The third-order valence-corrected chi connectivity index (χ3v) is 5.84. The topological polar surface area (TPSA) is 57.6 Å². The second-order valence-electron chi connectivity index (χ2n) is 7.37. The lowest BCUT2D eigenvalue weighted by Crippen LogP contribution is -2.29. The molecule has 1 heterocycles. The van der Waals surface area contributed by atoms with Crippen molar-refractivity contribution in [2.75, 3.05) is 4.90 Å². The normalized spacial score (nSPS) is 18.1. The Kier molecular flexibility index (Phi) is 5.31. The van der Waals surface area contributed by atoms with Gasteiger partial charge in [0, 0.05) is 15.7 Å². The minimum absolute atomic E-state index is 0.0971. The van der Waals surface area contributed by atoms with Crippen LogP contribution in [-0.2, 0) is 9.59 Å². The van der Waals surface area contributed by atoms with Gasteiger partial charge in [-0.15, -0.1) is 0 Å². The van der Waals surface area contributed by atoms with Crippen molar-refractivity contribution in [1.82, 2.24) is 0 Å². The first-order chi connectivity index (χ1) is 14.4. The van der Waals surface area contributed by atoms with Gasteiger partial charge < -0.3 is 5.11 Å². The number of carbonyl (C=O) groups is 2. The van der Waals surface area contributed by atoms with E-state index in [2.05, 4.69) is 15.9 Å². The number of halogens is 1. The highest BCUT2D eigenvalue weighted by Crippen LogP contribution is 2.42. The van der Waals surface area contributed by atoms with Gasteiger partial charge in [-0.2, -0.15) is 0 Å². The Morgan fingerprint density at radius 1 is 0.933 bits per heavy atom. The first kappa shape index (κ1) is 20.1. The van der Waals surface area contributed by atoms with Crippen LogP contribution in [0.15, 0.2) is 82.8 Å². The molecule has 0 spiro atoms. The van der Waals surface area contributed by atoms with Crippen LogP contribution in [0, 0.1) is 13.8 Å². The van der Waals surface area contributed by atoms with Gasteiger partial charge in [0.1, 0.15) is 5.76 Å². The van der Waals surface area contributed by atoms with Crippen molar-refractivity contribution in [3.63, 3.8) is 0 Å². The van der Waals surface area contributed by atoms with Crippen molar-refractivity contribution in [2.24, 2.45) is 0 Å². The molecule has 1 aliphatic rings. The molecule has 0 saturated carbocycles. The zero-order valence-electron chi connectivity index (χ0n) is 16.6. The zero-order valence-corrected chi connectivity index (χ0v) is 18.2. The number of anilines is 1. The summed E-state index contributed by atoms with van der Waals surface area (Å²) in [6, 6.07) is 21.4. The monoisotopic (exact) mass is 461 g/mol. The Morgan fingerprint density at radius 3 is 2.27 bits per heavy atom. The molecule has 1 amide bonds. The van der Waals surface area contributed by atoms with Gasteiger partial charge in [0.15, 0.2) is 0 Å². The predicted octanol–water partition coefficient (Wildman–Crippen LogP) is 5.69. The van der Waals surface area contributed by atoms with Gasteiger partial charge in [0.05, 0.1) is 11.6 Å². The number of hydrogen-bond acceptors (Lipinski definition) is 3. The van der Waals surface area contributed by atoms with Crippen molar-refractivity contribution in [3.8, 4) is 0 Å². The van der Waals surface area contributed by atoms with Crippen LogP contribution in [0.5, 0.6) is 0 Å². The van der Waals surface area contributed by atoms with Gasteiger partial charge >= 0.3 is 0 Å². The van der Waals surface area contributed by atoms with E-state index in [9.17, 15) is 14.7 Å². The minimum atomic E-state index is -0.722. The lowest BCUT2D eigenvalue weighted by molar-refractivity contribution is -0.132. The zero-order chi connectivity index (χ0) is 21.4. The molecule has 0 aromatic heterocycles. The fourth-order valence-corrected chi connectivity index (χ4v) is 4.05. The Morgan fingerprint density at radius 2 is 1.60 bits per heavy atom. The number of ketones is 1. The molecule has 3 aromatic rings. The van der Waals surface area contributed by atoms with E-state index in [1.54, 1.807) is 12.1 Å². The number of benzene rings is 3. The third kappa shape index (κ3) is 3.46. The van der Waals surface area contributed by atoms with Crippen LogP contribution in [0.1, 0.15) is 28.3 Å². The Bertz CT molecular complexity index is 1170. The quantitative estimate of drug-likeness (QED) is 0.309. The molecule has 1 fully saturated rings. The van der Waals surface area contributed by atoms with Crippen molar-refractivity contribution in [2.45, 2.75) is 19.9 Å². The molecule has 30 heavy (non-hydrogen) atoms. The largest absolute Gasteiger partial charge is 0.507 e. The van der Waals surface area contributed by atoms with E-state index in [1.807, 2.05) is 74.5 Å². The number of nitrogens with zero attached hydrogens (tertiary/aromatic N) is 1. The average molecular weight is 462 g/mol. The summed E-state index contributed by atoms with van der Waals surface area (Å²) in [5, 5.41) is 11.2. The maximum Gasteiger partial charge on any atom is 0.300 e. The molecule has 5 heteroatoms. The van der Waals surface area contributed by atoms with Crippen molar-refractivity contribution in [3.05, 3.63) is 105 Å². The van der Waals surface area contributed by atoms with Gasteiger partial charge in [-0.3, -0.25) is 14.5 Å². The summed E-state index contributed by atoms with van der Waals surface area (Å²) < 4.78 is 0.887. The number of para-hydroxylation sites is 1. The van der Waals surface area contributed by atoms with Gasteiger partial charge in [-0.25, -0.2) is 0 Å². The fourth-order valence-electron chi connectivity index (χ4n) is 3.78. The van der Waals surface area contributed by atoms with Crippen LogP contribution in [-0.4, -0.2) is 16.8 Å². The molecular formula is C25H20BrNO3. The molecule has 1 N–H and O–H groups in total. The van der Waals surface area contributed by atoms with Crippen LogP contribution in [0.25, 0.3) is 5.76 Å². The molecule has 0 bridgehead atoms. The van der Waals surface area contributed by atoms with Crippen LogP contribution in [0.4, 0.5) is 5.69 Å². The number of aliphatic hydroxyl groups excluding tert-OH is 1. The highest BCUT2D eigenvalue weighted by Gasteiger charge is 2.47. The van der Waals surface area contributed by atoms with E-state index in [0.29, 0.717) is 11.3 Å². The van der Waals surface area contributed by atoms with E-state index >= 15 is 0 Å². The summed E-state index contributed by atoms with van der Waals surface area (Å²) in [5.74, 6) is -1.49. The van der Waals surface area contributed by atoms with Gasteiger partial charge in [-0.1, -0.05) is 64.0 Å². The summed E-state index contributed by atoms with van der Waals surface area (Å²) in [6.07, 6.45) is 0. The molecule has 3 aromatic carbocycles. The van der Waals surface area contributed by atoms with Crippen LogP contribution < -0.4 is 4.90 Å². The fraction of sp³-hybridized carbons (Fsp3) is 0.120. The van der Waals surface area contributed by atoms with E-state index < -0.39 is 17.7 Å². The molecular weight excluding hydrogens is 442 g/mol. The summed E-state index contributed by atoms with van der Waals surface area (Å²) >= 11 is 3.43. The molecule has 4 nitrogen and oxygen atoms in total.